The molecule has 2 atom stereocenters. The van der Waals surface area contributed by atoms with Gasteiger partial charge in [-0.2, -0.15) is 0 Å². The Balaban J connectivity index is 3.94. The normalized spacial score (nSPS) is 13.8. The highest BCUT2D eigenvalue weighted by Crippen LogP contribution is 2.43. The number of nitrogens with two attached hydrogens (primary N) is 1. The number of carbonyl (C=O) groups is 1. The molecular weight excluding hydrogens is 794 g/mol. The lowest BCUT2D eigenvalue weighted by molar-refractivity contribution is -0.154. The third-order valence-corrected chi connectivity index (χ3v) is 11.9. The lowest BCUT2D eigenvalue weighted by Gasteiger charge is -2.20. The number of allylic oxidation sites excluding steroid dienone is 10. The van der Waals surface area contributed by atoms with Gasteiger partial charge in [-0.1, -0.05) is 209 Å². The fourth-order valence-electron chi connectivity index (χ4n) is 7.16. The molecule has 0 aromatic heterocycles. The van der Waals surface area contributed by atoms with E-state index in [1.54, 1.807) is 0 Å². The summed E-state index contributed by atoms with van der Waals surface area (Å²) in [5.41, 5.74) is 5.39. The molecular formula is C53H98NO7P. The molecule has 0 bridgehead atoms. The van der Waals surface area contributed by atoms with Crippen molar-refractivity contribution in [2.75, 3.05) is 33.0 Å². The second kappa shape index (κ2) is 50.2. The number of hydrogen-bond donors (Lipinski definition) is 2. The van der Waals surface area contributed by atoms with Crippen LogP contribution in [0.4, 0.5) is 0 Å². The lowest BCUT2D eigenvalue weighted by atomic mass is 10.1. The van der Waals surface area contributed by atoms with Crippen molar-refractivity contribution in [3.05, 3.63) is 60.8 Å². The molecule has 0 heterocycles. The smallest absolute Gasteiger partial charge is 0.457 e. The van der Waals surface area contributed by atoms with E-state index in [0.717, 1.165) is 57.8 Å². The predicted molar refractivity (Wildman–Crippen MR) is 266 cm³/mol. The monoisotopic (exact) mass is 892 g/mol. The maximum Gasteiger partial charge on any atom is 0.472 e. The zero-order chi connectivity index (χ0) is 45.1. The van der Waals surface area contributed by atoms with Crippen LogP contribution in [0.1, 0.15) is 232 Å². The summed E-state index contributed by atoms with van der Waals surface area (Å²) in [6.07, 6.45) is 62.5. The first kappa shape index (κ1) is 60.2. The van der Waals surface area contributed by atoms with Gasteiger partial charge in [-0.3, -0.25) is 13.8 Å². The van der Waals surface area contributed by atoms with Crippen LogP contribution < -0.4 is 5.73 Å². The summed E-state index contributed by atoms with van der Waals surface area (Å²) < 4.78 is 33.6. The van der Waals surface area contributed by atoms with Gasteiger partial charge in [0.25, 0.3) is 0 Å². The molecule has 0 radical (unpaired) electrons. The van der Waals surface area contributed by atoms with Gasteiger partial charge in [-0.05, 0) is 77.0 Å². The van der Waals surface area contributed by atoms with Gasteiger partial charge in [0.05, 0.1) is 19.8 Å². The number of carbonyl (C=O) groups excluding carboxylic acids is 1. The molecule has 0 aliphatic rings. The van der Waals surface area contributed by atoms with Crippen molar-refractivity contribution in [1.29, 1.82) is 0 Å². The third-order valence-electron chi connectivity index (χ3n) is 10.9. The van der Waals surface area contributed by atoms with Crippen LogP contribution in [0.15, 0.2) is 60.8 Å². The second-order valence-corrected chi connectivity index (χ2v) is 18.5. The number of unbranched alkanes of at least 4 members (excludes halogenated alkanes) is 26. The molecule has 0 fully saturated rings. The van der Waals surface area contributed by atoms with Gasteiger partial charge in [0, 0.05) is 19.6 Å². The van der Waals surface area contributed by atoms with Gasteiger partial charge in [0.15, 0.2) is 0 Å². The van der Waals surface area contributed by atoms with Crippen LogP contribution >= 0.6 is 7.82 Å². The maximum absolute atomic E-state index is 12.7. The van der Waals surface area contributed by atoms with Crippen molar-refractivity contribution in [2.45, 2.75) is 238 Å². The largest absolute Gasteiger partial charge is 0.472 e. The van der Waals surface area contributed by atoms with Crippen molar-refractivity contribution < 1.29 is 32.8 Å². The van der Waals surface area contributed by atoms with Gasteiger partial charge in [-0.15, -0.1) is 0 Å². The average molecular weight is 892 g/mol. The SMILES string of the molecule is CC/C=C\C/C=C\C/C=C\C/C=C\CCCCCCCCCCCCCOCC(COP(=O)(O)OCCN)OC(=O)CCCCCCCCCCC/C=C\CCCCCCCC. The van der Waals surface area contributed by atoms with Gasteiger partial charge < -0.3 is 20.1 Å². The Labute approximate surface area is 383 Å². The number of phosphoric ester groups is 1. The first-order valence-electron chi connectivity index (χ1n) is 25.8. The highest BCUT2D eigenvalue weighted by molar-refractivity contribution is 7.47. The molecule has 0 rings (SSSR count). The zero-order valence-electron chi connectivity index (χ0n) is 40.3. The van der Waals surface area contributed by atoms with Crippen molar-refractivity contribution in [1.82, 2.24) is 0 Å². The molecule has 0 aliphatic carbocycles. The summed E-state index contributed by atoms with van der Waals surface area (Å²) in [6.45, 7) is 4.82. The molecule has 0 aromatic carbocycles. The Morgan fingerprint density at radius 3 is 1.37 bits per heavy atom. The molecule has 0 saturated carbocycles. The highest BCUT2D eigenvalue weighted by Gasteiger charge is 2.25. The van der Waals surface area contributed by atoms with E-state index in [4.69, 9.17) is 24.3 Å². The van der Waals surface area contributed by atoms with E-state index in [1.165, 1.54) is 154 Å². The fourth-order valence-corrected chi connectivity index (χ4v) is 7.93. The van der Waals surface area contributed by atoms with Crippen molar-refractivity contribution in [3.63, 3.8) is 0 Å². The van der Waals surface area contributed by atoms with E-state index < -0.39 is 13.9 Å². The molecule has 3 N–H and O–H groups in total. The summed E-state index contributed by atoms with van der Waals surface area (Å²) in [4.78, 5) is 22.6. The summed E-state index contributed by atoms with van der Waals surface area (Å²) in [6, 6.07) is 0. The summed E-state index contributed by atoms with van der Waals surface area (Å²) in [5, 5.41) is 0. The molecule has 2 unspecified atom stereocenters. The van der Waals surface area contributed by atoms with Crippen molar-refractivity contribution in [2.24, 2.45) is 5.73 Å². The van der Waals surface area contributed by atoms with Crippen LogP contribution in [0.5, 0.6) is 0 Å². The highest BCUT2D eigenvalue weighted by atomic mass is 31.2. The van der Waals surface area contributed by atoms with Crippen molar-refractivity contribution >= 4 is 13.8 Å². The van der Waals surface area contributed by atoms with Crippen LogP contribution in [-0.2, 0) is 27.9 Å². The minimum atomic E-state index is -4.29. The predicted octanol–water partition coefficient (Wildman–Crippen LogP) is 16.1. The zero-order valence-corrected chi connectivity index (χ0v) is 41.2. The minimum Gasteiger partial charge on any atom is -0.457 e. The Morgan fingerprint density at radius 1 is 0.500 bits per heavy atom. The van der Waals surface area contributed by atoms with Crippen molar-refractivity contribution in [3.8, 4) is 0 Å². The molecule has 0 spiro atoms. The molecule has 0 amide bonds. The minimum absolute atomic E-state index is 0.0977. The van der Waals surface area contributed by atoms with Crippen LogP contribution in [0, 0.1) is 0 Å². The number of phosphoric acid groups is 1. The van der Waals surface area contributed by atoms with E-state index in [0.29, 0.717) is 13.0 Å². The first-order valence-corrected chi connectivity index (χ1v) is 27.3. The van der Waals surface area contributed by atoms with E-state index in [9.17, 15) is 14.3 Å². The summed E-state index contributed by atoms with van der Waals surface area (Å²) >= 11 is 0. The molecule has 362 valence electrons. The third kappa shape index (κ3) is 49.2. The number of hydrogen-bond acceptors (Lipinski definition) is 7. The molecule has 62 heavy (non-hydrogen) atoms. The lowest BCUT2D eigenvalue weighted by Crippen LogP contribution is -2.28. The molecule has 8 nitrogen and oxygen atoms in total. The maximum atomic E-state index is 12.7. The van der Waals surface area contributed by atoms with E-state index >= 15 is 0 Å². The number of esters is 1. The average Bonchev–Trinajstić information content (AvgIpc) is 3.26. The Hall–Kier alpha value is -1.80. The van der Waals surface area contributed by atoms with Crippen LogP contribution in [0.25, 0.3) is 0 Å². The number of ether oxygens (including phenoxy) is 2. The van der Waals surface area contributed by atoms with E-state index in [2.05, 4.69) is 74.6 Å². The van der Waals surface area contributed by atoms with E-state index in [1.807, 2.05) is 0 Å². The van der Waals surface area contributed by atoms with Gasteiger partial charge in [0.1, 0.15) is 6.10 Å². The van der Waals surface area contributed by atoms with E-state index in [-0.39, 0.29) is 32.3 Å². The Bertz CT molecular complexity index is 1140. The standard InChI is InChI=1S/C53H98NO7P/c1-3-5-7-9-11-13-15-17-19-21-23-24-25-26-27-29-31-33-35-37-39-41-43-45-48-58-50-52(51-60-62(56,57)59-49-47-54)61-53(55)46-44-42-40-38-36-34-32-30-28-22-20-18-16-14-12-10-8-6-4-2/h5,7,11,13,17-20,23-24,52H,3-4,6,8-10,12,14-16,21-22,25-51,54H2,1-2H3,(H,56,57)/b7-5-,13-11-,19-17-,20-18-,24-23-. The first-order chi connectivity index (χ1) is 30.4. The fraction of sp³-hybridized carbons (Fsp3) is 0.792. The molecule has 9 heteroatoms. The van der Waals surface area contributed by atoms with Crippen LogP contribution in [-0.4, -0.2) is 49.9 Å². The molecule has 0 saturated heterocycles. The quantitative estimate of drug-likeness (QED) is 0.0268. The second-order valence-electron chi connectivity index (χ2n) is 17.0. The number of rotatable bonds is 49. The Morgan fingerprint density at radius 2 is 0.903 bits per heavy atom. The van der Waals surface area contributed by atoms with Crippen LogP contribution in [0.2, 0.25) is 0 Å². The summed E-state index contributed by atoms with van der Waals surface area (Å²) in [5.74, 6) is -0.333. The van der Waals surface area contributed by atoms with Crippen LogP contribution in [0.3, 0.4) is 0 Å². The summed E-state index contributed by atoms with van der Waals surface area (Å²) in [7, 11) is -4.29. The molecule has 0 aliphatic heterocycles. The molecule has 0 aromatic rings. The van der Waals surface area contributed by atoms with Gasteiger partial charge in [-0.25, -0.2) is 4.57 Å². The Kier molecular flexibility index (Phi) is 48.7. The van der Waals surface area contributed by atoms with Gasteiger partial charge >= 0.3 is 13.8 Å². The topological polar surface area (TPSA) is 117 Å². The van der Waals surface area contributed by atoms with Gasteiger partial charge in [0.2, 0.25) is 0 Å².